The molecule has 1 amide bonds. The van der Waals surface area contributed by atoms with Gasteiger partial charge in [-0.05, 0) is 43.2 Å². The number of nitrogens with one attached hydrogen (secondary N) is 1. The van der Waals surface area contributed by atoms with Crippen LogP contribution < -0.4 is 10.1 Å². The topological polar surface area (TPSA) is 50.7 Å². The summed E-state index contributed by atoms with van der Waals surface area (Å²) in [5, 5.41) is 2.83. The summed E-state index contributed by atoms with van der Waals surface area (Å²) in [6.07, 6.45) is 1.77. The number of rotatable bonds is 4. The lowest BCUT2D eigenvalue weighted by Crippen LogP contribution is -2.25. The Morgan fingerprint density at radius 3 is 2.57 bits per heavy atom. The van der Waals surface area contributed by atoms with Crippen LogP contribution in [0.25, 0.3) is 6.08 Å². The number of aryl methyl sites for hydroxylation is 1. The highest BCUT2D eigenvalue weighted by molar-refractivity contribution is 6.20. The van der Waals surface area contributed by atoms with Gasteiger partial charge in [-0.15, -0.1) is 0 Å². The number of ether oxygens (including phenoxy) is 1. The zero-order valence-corrected chi connectivity index (χ0v) is 13.2. The lowest BCUT2D eigenvalue weighted by Gasteiger charge is -2.03. The van der Waals surface area contributed by atoms with E-state index >= 15 is 0 Å². The Morgan fingerprint density at radius 1 is 1.13 bits per heavy atom. The maximum absolute atomic E-state index is 12.1. The molecule has 0 radical (unpaired) electrons. The minimum Gasteiger partial charge on any atom is -0.494 e. The van der Waals surface area contributed by atoms with Gasteiger partial charge in [0, 0.05) is 5.56 Å². The molecule has 0 fully saturated rings. The van der Waals surface area contributed by atoms with Gasteiger partial charge in [-0.25, -0.2) is 4.99 Å². The molecular weight excluding hydrogens is 288 g/mol. The second-order valence-corrected chi connectivity index (χ2v) is 5.26. The first kappa shape index (κ1) is 15.0. The van der Waals surface area contributed by atoms with E-state index in [1.165, 1.54) is 0 Å². The smallest absolute Gasteiger partial charge is 0.275 e. The fourth-order valence-electron chi connectivity index (χ4n) is 2.42. The van der Waals surface area contributed by atoms with Crippen LogP contribution >= 0.6 is 0 Å². The molecule has 2 aromatic rings. The fourth-order valence-corrected chi connectivity index (χ4v) is 2.42. The van der Waals surface area contributed by atoms with Gasteiger partial charge in [0.2, 0.25) is 0 Å². The summed E-state index contributed by atoms with van der Waals surface area (Å²) in [6.45, 7) is 4.58. The molecule has 1 aliphatic heterocycles. The molecule has 0 unspecified atom stereocenters. The van der Waals surface area contributed by atoms with Crippen molar-refractivity contribution in [2.24, 2.45) is 4.99 Å². The van der Waals surface area contributed by atoms with Crippen LogP contribution in [0.2, 0.25) is 0 Å². The van der Waals surface area contributed by atoms with E-state index in [-0.39, 0.29) is 5.91 Å². The predicted octanol–water partition coefficient (Wildman–Crippen LogP) is 3.31. The van der Waals surface area contributed by atoms with Gasteiger partial charge in [0.15, 0.2) is 0 Å². The number of hydrogen-bond donors (Lipinski definition) is 1. The summed E-state index contributed by atoms with van der Waals surface area (Å²) >= 11 is 0. The number of carbonyl (C=O) groups is 1. The van der Waals surface area contributed by atoms with Gasteiger partial charge in [0.05, 0.1) is 6.61 Å². The first-order chi connectivity index (χ1) is 11.2. The number of nitrogens with zero attached hydrogens (tertiary/aromatic N) is 1. The van der Waals surface area contributed by atoms with E-state index in [1.807, 2.05) is 62.4 Å². The number of benzene rings is 2. The van der Waals surface area contributed by atoms with E-state index in [9.17, 15) is 4.79 Å². The maximum atomic E-state index is 12.1. The molecule has 1 aliphatic rings. The van der Waals surface area contributed by atoms with Gasteiger partial charge in [-0.1, -0.05) is 36.4 Å². The number of carbonyl (C=O) groups excluding carboxylic acids is 1. The third kappa shape index (κ3) is 3.31. The van der Waals surface area contributed by atoms with E-state index < -0.39 is 0 Å². The van der Waals surface area contributed by atoms with Crippen molar-refractivity contribution in [3.63, 3.8) is 0 Å². The normalized spacial score (nSPS) is 15.5. The molecule has 0 aliphatic carbocycles. The van der Waals surface area contributed by atoms with Crippen LogP contribution in [-0.2, 0) is 4.79 Å². The fraction of sp³-hybridized carbons (Fsp3) is 0.158. The highest BCUT2D eigenvalue weighted by atomic mass is 16.5. The van der Waals surface area contributed by atoms with Gasteiger partial charge in [0.25, 0.3) is 5.91 Å². The Labute approximate surface area is 135 Å². The van der Waals surface area contributed by atoms with Crippen molar-refractivity contribution in [1.82, 2.24) is 5.32 Å². The van der Waals surface area contributed by atoms with E-state index in [0.29, 0.717) is 18.1 Å². The average Bonchev–Trinajstić information content (AvgIpc) is 2.91. The van der Waals surface area contributed by atoms with Crippen molar-refractivity contribution in [2.75, 3.05) is 6.61 Å². The summed E-state index contributed by atoms with van der Waals surface area (Å²) in [5.41, 5.74) is 3.34. The second-order valence-electron chi connectivity index (χ2n) is 5.26. The molecule has 0 bridgehead atoms. The Kier molecular flexibility index (Phi) is 4.24. The summed E-state index contributed by atoms with van der Waals surface area (Å²) in [4.78, 5) is 16.6. The van der Waals surface area contributed by atoms with Crippen molar-refractivity contribution in [1.29, 1.82) is 0 Å². The van der Waals surface area contributed by atoms with Crippen molar-refractivity contribution in [3.8, 4) is 5.75 Å². The monoisotopic (exact) mass is 306 g/mol. The minimum absolute atomic E-state index is 0.183. The second kappa shape index (κ2) is 6.48. The zero-order valence-electron chi connectivity index (χ0n) is 13.2. The molecule has 0 aromatic heterocycles. The van der Waals surface area contributed by atoms with E-state index in [0.717, 1.165) is 22.4 Å². The average molecular weight is 306 g/mol. The molecule has 3 rings (SSSR count). The molecule has 116 valence electrons. The van der Waals surface area contributed by atoms with Gasteiger partial charge in [-0.3, -0.25) is 4.79 Å². The number of amidine groups is 1. The maximum Gasteiger partial charge on any atom is 0.275 e. The Hall–Kier alpha value is -2.88. The quantitative estimate of drug-likeness (QED) is 0.881. The van der Waals surface area contributed by atoms with Gasteiger partial charge >= 0.3 is 0 Å². The van der Waals surface area contributed by atoms with Gasteiger partial charge < -0.3 is 10.1 Å². The lowest BCUT2D eigenvalue weighted by molar-refractivity contribution is -0.115. The molecule has 0 spiro atoms. The molecule has 1 heterocycles. The summed E-state index contributed by atoms with van der Waals surface area (Å²) in [6, 6.07) is 15.4. The van der Waals surface area contributed by atoms with E-state index in [4.69, 9.17) is 4.74 Å². The van der Waals surface area contributed by atoms with Crippen LogP contribution in [0.4, 0.5) is 0 Å². The number of hydrogen-bond acceptors (Lipinski definition) is 3. The molecule has 23 heavy (non-hydrogen) atoms. The highest BCUT2D eigenvalue weighted by Gasteiger charge is 2.21. The van der Waals surface area contributed by atoms with Crippen LogP contribution in [0.5, 0.6) is 5.75 Å². The summed E-state index contributed by atoms with van der Waals surface area (Å²) in [5.74, 6) is 1.23. The van der Waals surface area contributed by atoms with Crippen molar-refractivity contribution in [2.45, 2.75) is 13.8 Å². The molecule has 0 atom stereocenters. The summed E-state index contributed by atoms with van der Waals surface area (Å²) < 4.78 is 5.41. The predicted molar refractivity (Wildman–Crippen MR) is 91.4 cm³/mol. The van der Waals surface area contributed by atoms with E-state index in [2.05, 4.69) is 10.3 Å². The largest absolute Gasteiger partial charge is 0.494 e. The first-order valence-electron chi connectivity index (χ1n) is 7.58. The third-order valence-corrected chi connectivity index (χ3v) is 3.59. The standard InChI is InChI=1S/C19H18N2O2/c1-3-23-15-10-8-14(9-11-15)12-17-19(22)21-18(20-17)16-7-5-4-6-13(16)2/h4-12H,3H2,1-2H3,(H,20,21,22)/b17-12+. The van der Waals surface area contributed by atoms with Gasteiger partial charge in [-0.2, -0.15) is 0 Å². The van der Waals surface area contributed by atoms with Crippen molar-refractivity contribution >= 4 is 17.8 Å². The Balaban J connectivity index is 1.87. The van der Waals surface area contributed by atoms with E-state index in [1.54, 1.807) is 6.08 Å². The molecule has 0 saturated carbocycles. The van der Waals surface area contributed by atoms with Crippen LogP contribution in [0.3, 0.4) is 0 Å². The van der Waals surface area contributed by atoms with Crippen molar-refractivity contribution in [3.05, 3.63) is 70.9 Å². The van der Waals surface area contributed by atoms with Crippen LogP contribution in [0, 0.1) is 6.92 Å². The van der Waals surface area contributed by atoms with Crippen LogP contribution in [0.15, 0.2) is 59.2 Å². The molecule has 4 heteroatoms. The summed E-state index contributed by atoms with van der Waals surface area (Å²) in [7, 11) is 0. The highest BCUT2D eigenvalue weighted by Crippen LogP contribution is 2.19. The molecular formula is C19H18N2O2. The number of aliphatic imine (C=N–C) groups is 1. The molecule has 0 saturated heterocycles. The van der Waals surface area contributed by atoms with Gasteiger partial charge in [0.1, 0.15) is 17.3 Å². The van der Waals surface area contributed by atoms with Crippen LogP contribution in [-0.4, -0.2) is 18.3 Å². The van der Waals surface area contributed by atoms with Crippen molar-refractivity contribution < 1.29 is 9.53 Å². The first-order valence-corrected chi connectivity index (χ1v) is 7.58. The molecule has 2 aromatic carbocycles. The molecule has 1 N–H and O–H groups in total. The Morgan fingerprint density at radius 2 is 1.87 bits per heavy atom. The minimum atomic E-state index is -0.183. The third-order valence-electron chi connectivity index (χ3n) is 3.59. The Bertz CT molecular complexity index is 789. The lowest BCUT2D eigenvalue weighted by atomic mass is 10.1. The number of amides is 1. The SMILES string of the molecule is CCOc1ccc(/C=C2/N=C(c3ccccc3C)NC2=O)cc1. The zero-order chi connectivity index (χ0) is 16.2. The molecule has 4 nitrogen and oxygen atoms in total. The van der Waals surface area contributed by atoms with Crippen LogP contribution in [0.1, 0.15) is 23.6 Å².